The van der Waals surface area contributed by atoms with Gasteiger partial charge in [0, 0.05) is 10.9 Å². The molecular formula is C18H25NS. The van der Waals surface area contributed by atoms with Crippen LogP contribution >= 0.6 is 11.3 Å². The molecule has 2 heteroatoms. The zero-order valence-electron chi connectivity index (χ0n) is 12.5. The molecule has 0 aliphatic heterocycles. The lowest BCUT2D eigenvalue weighted by Gasteiger charge is -2.25. The van der Waals surface area contributed by atoms with Crippen LogP contribution in [0.15, 0.2) is 47.8 Å². The third kappa shape index (κ3) is 4.46. The number of hydrogen-bond donors (Lipinski definition) is 1. The van der Waals surface area contributed by atoms with E-state index in [1.807, 2.05) is 11.3 Å². The summed E-state index contributed by atoms with van der Waals surface area (Å²) in [4.78, 5) is 1.50. The lowest BCUT2D eigenvalue weighted by molar-refractivity contribution is 0.367. The van der Waals surface area contributed by atoms with Crippen LogP contribution in [0, 0.1) is 5.92 Å². The number of hydrogen-bond acceptors (Lipinski definition) is 2. The van der Waals surface area contributed by atoms with Gasteiger partial charge in [0.15, 0.2) is 0 Å². The summed E-state index contributed by atoms with van der Waals surface area (Å²) in [7, 11) is 0. The third-order valence-electron chi connectivity index (χ3n) is 3.77. The number of nitrogens with one attached hydrogen (secondary N) is 1. The first-order valence-corrected chi connectivity index (χ1v) is 8.50. The fourth-order valence-corrected chi connectivity index (χ4v) is 3.32. The van der Waals surface area contributed by atoms with E-state index in [4.69, 9.17) is 0 Å². The average molecular weight is 287 g/mol. The van der Waals surface area contributed by atoms with Gasteiger partial charge in [0.1, 0.15) is 0 Å². The molecule has 1 N–H and O–H groups in total. The van der Waals surface area contributed by atoms with Crippen LogP contribution in [0.1, 0.15) is 43.2 Å². The monoisotopic (exact) mass is 287 g/mol. The highest BCUT2D eigenvalue weighted by atomic mass is 32.1. The van der Waals surface area contributed by atoms with Crippen molar-refractivity contribution in [2.45, 2.75) is 39.2 Å². The average Bonchev–Trinajstić information content (AvgIpc) is 3.00. The van der Waals surface area contributed by atoms with E-state index in [9.17, 15) is 0 Å². The Morgan fingerprint density at radius 3 is 2.55 bits per heavy atom. The summed E-state index contributed by atoms with van der Waals surface area (Å²) in [6, 6.07) is 15.7. The van der Waals surface area contributed by atoms with Crippen LogP contribution in [0.2, 0.25) is 0 Å². The van der Waals surface area contributed by atoms with Gasteiger partial charge in [0.25, 0.3) is 0 Å². The van der Waals surface area contributed by atoms with Crippen molar-refractivity contribution in [1.82, 2.24) is 5.32 Å². The lowest BCUT2D eigenvalue weighted by Crippen LogP contribution is -2.28. The van der Waals surface area contributed by atoms with Gasteiger partial charge < -0.3 is 5.32 Å². The van der Waals surface area contributed by atoms with E-state index in [-0.39, 0.29) is 0 Å². The molecule has 2 rings (SSSR count). The Morgan fingerprint density at radius 2 is 1.90 bits per heavy atom. The largest absolute Gasteiger partial charge is 0.310 e. The maximum Gasteiger partial charge on any atom is 0.0346 e. The Morgan fingerprint density at radius 1 is 1.10 bits per heavy atom. The smallest absolute Gasteiger partial charge is 0.0346 e. The van der Waals surface area contributed by atoms with Gasteiger partial charge in [-0.1, -0.05) is 50.2 Å². The Labute approximate surface area is 127 Å². The fraction of sp³-hybridized carbons (Fsp3) is 0.444. The molecule has 0 aliphatic rings. The van der Waals surface area contributed by atoms with Crippen molar-refractivity contribution in [2.75, 3.05) is 6.54 Å². The van der Waals surface area contributed by atoms with Crippen LogP contribution in [0.25, 0.3) is 0 Å². The molecule has 0 saturated heterocycles. The first-order chi connectivity index (χ1) is 9.81. The molecule has 2 aromatic rings. The second kappa shape index (κ2) is 8.23. The Balaban J connectivity index is 1.98. The summed E-state index contributed by atoms with van der Waals surface area (Å²) in [5, 5.41) is 5.89. The summed E-state index contributed by atoms with van der Waals surface area (Å²) in [5.41, 5.74) is 1.42. The highest BCUT2D eigenvalue weighted by molar-refractivity contribution is 7.09. The number of rotatable bonds is 8. The Bertz CT molecular complexity index is 463. The van der Waals surface area contributed by atoms with Crippen molar-refractivity contribution in [3.8, 4) is 0 Å². The third-order valence-corrected chi connectivity index (χ3v) is 4.70. The maximum atomic E-state index is 3.72. The predicted octanol–water partition coefficient (Wildman–Crippen LogP) is 5.06. The van der Waals surface area contributed by atoms with Crippen LogP contribution in [-0.4, -0.2) is 6.54 Å². The van der Waals surface area contributed by atoms with E-state index in [0.717, 1.165) is 6.54 Å². The summed E-state index contributed by atoms with van der Waals surface area (Å²) >= 11 is 1.87. The summed E-state index contributed by atoms with van der Waals surface area (Å²) < 4.78 is 0. The van der Waals surface area contributed by atoms with Gasteiger partial charge in [-0.2, -0.15) is 0 Å². The fourth-order valence-electron chi connectivity index (χ4n) is 2.60. The van der Waals surface area contributed by atoms with Crippen LogP contribution < -0.4 is 5.32 Å². The van der Waals surface area contributed by atoms with Gasteiger partial charge in [-0.15, -0.1) is 11.3 Å². The molecule has 20 heavy (non-hydrogen) atoms. The Hall–Kier alpha value is -1.12. The van der Waals surface area contributed by atoms with Crippen molar-refractivity contribution in [3.63, 3.8) is 0 Å². The number of benzene rings is 1. The molecule has 0 amide bonds. The van der Waals surface area contributed by atoms with Crippen LogP contribution in [0.5, 0.6) is 0 Å². The highest BCUT2D eigenvalue weighted by Crippen LogP contribution is 2.26. The quantitative estimate of drug-likeness (QED) is 0.715. The van der Waals surface area contributed by atoms with Crippen molar-refractivity contribution in [2.24, 2.45) is 5.92 Å². The Kier molecular flexibility index (Phi) is 6.28. The first-order valence-electron chi connectivity index (χ1n) is 7.62. The van der Waals surface area contributed by atoms with E-state index in [2.05, 4.69) is 67.0 Å². The first kappa shape index (κ1) is 15.3. The standard InChI is InChI=1S/C18H25NS/c1-3-13-19-18(16-8-5-4-6-9-16)15(2)11-12-17-10-7-14-20-17/h4-10,14-15,18-19H,3,11-13H2,1-2H3. The molecule has 1 heterocycles. The molecule has 1 nitrogen and oxygen atoms in total. The molecule has 2 unspecified atom stereocenters. The molecule has 1 aromatic heterocycles. The van der Waals surface area contributed by atoms with Crippen molar-refractivity contribution >= 4 is 11.3 Å². The molecule has 1 aromatic carbocycles. The van der Waals surface area contributed by atoms with Crippen molar-refractivity contribution in [1.29, 1.82) is 0 Å². The van der Waals surface area contributed by atoms with Crippen molar-refractivity contribution < 1.29 is 0 Å². The van der Waals surface area contributed by atoms with Gasteiger partial charge in [-0.3, -0.25) is 0 Å². The lowest BCUT2D eigenvalue weighted by atomic mass is 9.90. The highest BCUT2D eigenvalue weighted by Gasteiger charge is 2.18. The molecule has 0 bridgehead atoms. The van der Waals surface area contributed by atoms with Gasteiger partial charge in [-0.25, -0.2) is 0 Å². The van der Waals surface area contributed by atoms with Gasteiger partial charge in [0.2, 0.25) is 0 Å². The molecule has 2 atom stereocenters. The number of aryl methyl sites for hydroxylation is 1. The van der Waals surface area contributed by atoms with E-state index < -0.39 is 0 Å². The van der Waals surface area contributed by atoms with Crippen molar-refractivity contribution in [3.05, 3.63) is 58.3 Å². The second-order valence-corrected chi connectivity index (χ2v) is 6.47. The SMILES string of the molecule is CCCNC(c1ccccc1)C(C)CCc1cccs1. The van der Waals surface area contributed by atoms with Gasteiger partial charge >= 0.3 is 0 Å². The number of thiophene rings is 1. The molecule has 0 radical (unpaired) electrons. The molecular weight excluding hydrogens is 262 g/mol. The zero-order valence-corrected chi connectivity index (χ0v) is 13.3. The molecule has 108 valence electrons. The predicted molar refractivity (Wildman–Crippen MR) is 89.3 cm³/mol. The van der Waals surface area contributed by atoms with E-state index >= 15 is 0 Å². The van der Waals surface area contributed by atoms with Gasteiger partial charge in [-0.05, 0) is 48.7 Å². The topological polar surface area (TPSA) is 12.0 Å². The zero-order chi connectivity index (χ0) is 14.2. The van der Waals surface area contributed by atoms with E-state index in [1.54, 1.807) is 0 Å². The minimum Gasteiger partial charge on any atom is -0.310 e. The van der Waals surface area contributed by atoms with Gasteiger partial charge in [0.05, 0.1) is 0 Å². The molecule has 0 aliphatic carbocycles. The summed E-state index contributed by atoms with van der Waals surface area (Å²) in [6.45, 7) is 5.68. The minimum atomic E-state index is 0.469. The minimum absolute atomic E-state index is 0.469. The van der Waals surface area contributed by atoms with Crippen LogP contribution in [0.3, 0.4) is 0 Å². The second-order valence-electron chi connectivity index (χ2n) is 5.44. The summed E-state index contributed by atoms with van der Waals surface area (Å²) in [5.74, 6) is 0.644. The van der Waals surface area contributed by atoms with Crippen LogP contribution in [-0.2, 0) is 6.42 Å². The maximum absolute atomic E-state index is 3.72. The summed E-state index contributed by atoms with van der Waals surface area (Å²) in [6.07, 6.45) is 3.60. The molecule has 0 fully saturated rings. The van der Waals surface area contributed by atoms with E-state index in [1.165, 1.54) is 29.7 Å². The van der Waals surface area contributed by atoms with E-state index in [0.29, 0.717) is 12.0 Å². The molecule has 0 saturated carbocycles. The normalized spacial score (nSPS) is 14.1. The van der Waals surface area contributed by atoms with Crippen LogP contribution in [0.4, 0.5) is 0 Å². The molecule has 0 spiro atoms.